The molecule has 29 heavy (non-hydrogen) atoms. The summed E-state index contributed by atoms with van der Waals surface area (Å²) in [4.78, 5) is 9.80. The summed E-state index contributed by atoms with van der Waals surface area (Å²) >= 11 is 0. The molecule has 0 saturated carbocycles. The van der Waals surface area contributed by atoms with Crippen LogP contribution in [0, 0.1) is 0 Å². The predicted octanol–water partition coefficient (Wildman–Crippen LogP) is 4.41. The molecule has 5 rings (SSSR count). The van der Waals surface area contributed by atoms with Gasteiger partial charge in [-0.3, -0.25) is 4.90 Å². The van der Waals surface area contributed by atoms with Gasteiger partial charge >= 0.3 is 0 Å². The minimum Gasteiger partial charge on any atom is -0.368 e. The summed E-state index contributed by atoms with van der Waals surface area (Å²) < 4.78 is 2.23. The first kappa shape index (κ1) is 18.0. The van der Waals surface area contributed by atoms with Gasteiger partial charge in [0, 0.05) is 50.9 Å². The van der Waals surface area contributed by atoms with E-state index >= 15 is 0 Å². The van der Waals surface area contributed by atoms with Gasteiger partial charge in [0.05, 0.1) is 11.9 Å². The molecular weight excluding hydrogens is 356 g/mol. The molecule has 4 heteroatoms. The van der Waals surface area contributed by atoms with E-state index in [1.54, 1.807) is 0 Å². The number of rotatable bonds is 5. The number of aromatic nitrogens is 2. The first-order chi connectivity index (χ1) is 14.3. The molecule has 146 valence electrons. The van der Waals surface area contributed by atoms with Crippen LogP contribution in [-0.4, -0.2) is 40.6 Å². The van der Waals surface area contributed by atoms with Gasteiger partial charge in [-0.15, -0.1) is 0 Å². The molecule has 0 radical (unpaired) electrons. The molecule has 0 bridgehead atoms. The highest BCUT2D eigenvalue weighted by Gasteiger charge is 2.18. The van der Waals surface area contributed by atoms with Crippen LogP contribution in [0.5, 0.6) is 0 Å². The van der Waals surface area contributed by atoms with Gasteiger partial charge in [0.25, 0.3) is 0 Å². The topological polar surface area (TPSA) is 24.3 Å². The first-order valence-corrected chi connectivity index (χ1v) is 10.4. The summed E-state index contributed by atoms with van der Waals surface area (Å²) in [6.07, 6.45) is 4.18. The van der Waals surface area contributed by atoms with Crippen LogP contribution in [0.4, 0.5) is 5.69 Å². The van der Waals surface area contributed by atoms with Crippen molar-refractivity contribution in [1.82, 2.24) is 14.5 Å². The lowest BCUT2D eigenvalue weighted by Crippen LogP contribution is -2.46. The molecule has 2 aromatic carbocycles. The Morgan fingerprint density at radius 1 is 0.724 bits per heavy atom. The number of hydrogen-bond donors (Lipinski definition) is 0. The molecule has 0 atom stereocenters. The minimum atomic E-state index is 0.856. The summed E-state index contributed by atoms with van der Waals surface area (Å²) in [6, 6.07) is 25.8. The van der Waals surface area contributed by atoms with Crippen molar-refractivity contribution in [3.05, 3.63) is 96.3 Å². The molecule has 0 amide bonds. The number of benzene rings is 2. The van der Waals surface area contributed by atoms with Gasteiger partial charge < -0.3 is 9.47 Å². The second-order valence-electron chi connectivity index (χ2n) is 7.78. The average Bonchev–Trinajstić information content (AvgIpc) is 3.18. The van der Waals surface area contributed by atoms with Crippen molar-refractivity contribution in [2.45, 2.75) is 13.1 Å². The maximum absolute atomic E-state index is 4.81. The Hall–Kier alpha value is -3.11. The third-order valence-electron chi connectivity index (χ3n) is 5.77. The highest BCUT2D eigenvalue weighted by molar-refractivity contribution is 5.80. The maximum Gasteiger partial charge on any atom is 0.140 e. The fourth-order valence-electron chi connectivity index (χ4n) is 4.15. The Morgan fingerprint density at radius 2 is 1.38 bits per heavy atom. The number of hydrogen-bond acceptors (Lipinski definition) is 3. The molecule has 0 aliphatic carbocycles. The van der Waals surface area contributed by atoms with Crippen LogP contribution in [0.3, 0.4) is 0 Å². The average molecular weight is 383 g/mol. The second-order valence-corrected chi connectivity index (χ2v) is 7.78. The highest BCUT2D eigenvalue weighted by Crippen LogP contribution is 2.23. The van der Waals surface area contributed by atoms with Crippen LogP contribution >= 0.6 is 0 Å². The van der Waals surface area contributed by atoms with E-state index in [9.17, 15) is 0 Å². The summed E-state index contributed by atoms with van der Waals surface area (Å²) in [6.45, 7) is 6.16. The monoisotopic (exact) mass is 382 g/mol. The molecule has 4 nitrogen and oxygen atoms in total. The minimum absolute atomic E-state index is 0.856. The number of anilines is 1. The van der Waals surface area contributed by atoms with Crippen molar-refractivity contribution in [1.29, 1.82) is 0 Å². The molecule has 0 unspecified atom stereocenters. The zero-order chi connectivity index (χ0) is 19.5. The molecule has 1 aliphatic heterocycles. The lowest BCUT2D eigenvalue weighted by Gasteiger charge is -2.36. The van der Waals surface area contributed by atoms with Crippen molar-refractivity contribution in [2.75, 3.05) is 31.1 Å². The second kappa shape index (κ2) is 8.10. The van der Waals surface area contributed by atoms with E-state index in [0.29, 0.717) is 0 Å². The van der Waals surface area contributed by atoms with Crippen molar-refractivity contribution < 1.29 is 0 Å². The van der Waals surface area contributed by atoms with Gasteiger partial charge in [-0.25, -0.2) is 4.98 Å². The summed E-state index contributed by atoms with van der Waals surface area (Å²) in [5, 5.41) is 1.21. The van der Waals surface area contributed by atoms with Crippen molar-refractivity contribution >= 4 is 16.7 Å². The molecule has 2 aromatic heterocycles. The van der Waals surface area contributed by atoms with E-state index in [2.05, 4.69) is 93.4 Å². The lowest BCUT2D eigenvalue weighted by atomic mass is 10.2. The van der Waals surface area contributed by atoms with Crippen LogP contribution < -0.4 is 4.90 Å². The molecule has 0 N–H and O–H groups in total. The van der Waals surface area contributed by atoms with E-state index in [0.717, 1.165) is 44.9 Å². The first-order valence-electron chi connectivity index (χ1n) is 10.4. The van der Waals surface area contributed by atoms with Gasteiger partial charge in [0.2, 0.25) is 0 Å². The summed E-state index contributed by atoms with van der Waals surface area (Å²) in [7, 11) is 0. The third-order valence-corrected chi connectivity index (χ3v) is 5.77. The van der Waals surface area contributed by atoms with Crippen LogP contribution in [-0.2, 0) is 13.1 Å². The smallest absolute Gasteiger partial charge is 0.140 e. The Morgan fingerprint density at radius 3 is 2.07 bits per heavy atom. The third kappa shape index (κ3) is 4.03. The predicted molar refractivity (Wildman–Crippen MR) is 119 cm³/mol. The number of nitrogens with zero attached hydrogens (tertiary/aromatic N) is 4. The standard InChI is InChI=1S/C25H26N4/c1-3-7-21(8-4-1)19-27-13-15-28(16-14-27)24-17-23-11-12-29(25(23)26-18-24)20-22-9-5-2-6-10-22/h1-12,17-18H,13-16,19-20H2. The molecular formula is C25H26N4. The van der Waals surface area contributed by atoms with Crippen molar-refractivity contribution in [3.63, 3.8) is 0 Å². The Labute approximate surface area is 172 Å². The number of piperazine rings is 1. The molecule has 1 aliphatic rings. The quantitative estimate of drug-likeness (QED) is 0.511. The van der Waals surface area contributed by atoms with Gasteiger partial charge in [0.15, 0.2) is 0 Å². The molecule has 4 aromatic rings. The number of pyridine rings is 1. The van der Waals surface area contributed by atoms with Crippen LogP contribution in [0.2, 0.25) is 0 Å². The van der Waals surface area contributed by atoms with E-state index < -0.39 is 0 Å². The lowest BCUT2D eigenvalue weighted by molar-refractivity contribution is 0.250. The summed E-state index contributed by atoms with van der Waals surface area (Å²) in [5.41, 5.74) is 4.98. The van der Waals surface area contributed by atoms with Crippen LogP contribution in [0.1, 0.15) is 11.1 Å². The van der Waals surface area contributed by atoms with Gasteiger partial charge in [-0.2, -0.15) is 0 Å². The van der Waals surface area contributed by atoms with E-state index in [1.165, 1.54) is 22.2 Å². The fourth-order valence-corrected chi connectivity index (χ4v) is 4.15. The molecule has 1 fully saturated rings. The van der Waals surface area contributed by atoms with E-state index in [-0.39, 0.29) is 0 Å². The molecule has 0 spiro atoms. The van der Waals surface area contributed by atoms with Gasteiger partial charge in [0.1, 0.15) is 5.65 Å². The fraction of sp³-hybridized carbons (Fsp3) is 0.240. The van der Waals surface area contributed by atoms with E-state index in [1.807, 2.05) is 6.20 Å². The van der Waals surface area contributed by atoms with Gasteiger partial charge in [-0.05, 0) is 23.3 Å². The Kier molecular flexibility index (Phi) is 5.01. The van der Waals surface area contributed by atoms with Crippen LogP contribution in [0.25, 0.3) is 11.0 Å². The Balaban J connectivity index is 1.26. The van der Waals surface area contributed by atoms with Crippen molar-refractivity contribution in [2.24, 2.45) is 0 Å². The molecule has 1 saturated heterocycles. The molecule has 3 heterocycles. The summed E-state index contributed by atoms with van der Waals surface area (Å²) in [5.74, 6) is 0. The highest BCUT2D eigenvalue weighted by atomic mass is 15.3. The Bertz CT molecular complexity index is 1060. The van der Waals surface area contributed by atoms with E-state index in [4.69, 9.17) is 4.98 Å². The van der Waals surface area contributed by atoms with Gasteiger partial charge in [-0.1, -0.05) is 60.7 Å². The van der Waals surface area contributed by atoms with Crippen molar-refractivity contribution in [3.8, 4) is 0 Å². The largest absolute Gasteiger partial charge is 0.368 e. The maximum atomic E-state index is 4.81. The number of fused-ring (bicyclic) bond motifs is 1. The normalized spacial score (nSPS) is 15.1. The zero-order valence-electron chi connectivity index (χ0n) is 16.6. The SMILES string of the molecule is c1ccc(CN2CCN(c3cnc4c(ccn4Cc4ccccc4)c3)CC2)cc1. The zero-order valence-corrected chi connectivity index (χ0v) is 16.6. The van der Waals surface area contributed by atoms with Crippen LogP contribution in [0.15, 0.2) is 85.2 Å².